The molecule has 14 heteroatoms. The predicted molar refractivity (Wildman–Crippen MR) is 260 cm³/mol. The van der Waals surface area contributed by atoms with Crippen molar-refractivity contribution in [3.8, 4) is 26.6 Å². The van der Waals surface area contributed by atoms with Crippen LogP contribution in [-0.2, 0) is 13.1 Å². The molecule has 64 heavy (non-hydrogen) atoms. The van der Waals surface area contributed by atoms with Gasteiger partial charge in [0.2, 0.25) is 0 Å². The second-order valence-corrected chi connectivity index (χ2v) is 18.8. The van der Waals surface area contributed by atoms with Gasteiger partial charge in [-0.05, 0) is 91.8 Å². The van der Waals surface area contributed by atoms with Crippen LogP contribution in [0.1, 0.15) is 132 Å². The molecule has 3 aromatic carbocycles. The number of unbranched alkanes of at least 4 members (excludes halogenated alkanes) is 5. The summed E-state index contributed by atoms with van der Waals surface area (Å²) in [5, 5.41) is 41.6. The van der Waals surface area contributed by atoms with Crippen LogP contribution < -0.4 is 9.64 Å². The molecule has 0 saturated heterocycles. The van der Waals surface area contributed by atoms with Crippen molar-refractivity contribution in [1.82, 2.24) is 30.0 Å². The summed E-state index contributed by atoms with van der Waals surface area (Å²) in [6.07, 6.45) is 13.1. The van der Waals surface area contributed by atoms with Crippen LogP contribution in [0.3, 0.4) is 0 Å². The molecule has 2 unspecified atom stereocenters. The number of benzene rings is 3. The van der Waals surface area contributed by atoms with Crippen molar-refractivity contribution < 1.29 is 24.5 Å². The smallest absolute Gasteiger partial charge is 0.338 e. The summed E-state index contributed by atoms with van der Waals surface area (Å²) in [6, 6.07) is 23.4. The third kappa shape index (κ3) is 10.7. The Labute approximate surface area is 383 Å². The van der Waals surface area contributed by atoms with Crippen molar-refractivity contribution in [1.29, 1.82) is 0 Å². The van der Waals surface area contributed by atoms with E-state index in [1.807, 2.05) is 24.3 Å². The Morgan fingerprint density at radius 1 is 0.578 bits per heavy atom. The number of nitrogens with zero attached hydrogens (tertiary/aromatic N) is 7. The minimum Gasteiger partial charge on any atom is -0.494 e. The molecule has 338 valence electrons. The SMILES string of the molecule is CCCCCCOc1ccc(N(c2ccc(-c3ccc(C(=O)O)c4nn(CC(CC)CCCC)nc34)s2)c2ccc(-c3ccc(C(=O)O)c4nn(CC(CC)CCCC)nc34)s2)cc1. The topological polar surface area (TPSA) is 148 Å². The summed E-state index contributed by atoms with van der Waals surface area (Å²) in [5.41, 5.74) is 4.77. The summed E-state index contributed by atoms with van der Waals surface area (Å²) in [7, 11) is 0. The van der Waals surface area contributed by atoms with Gasteiger partial charge in [-0.25, -0.2) is 9.59 Å². The Balaban J connectivity index is 1.27. The molecule has 7 aromatic rings. The molecule has 12 nitrogen and oxygen atoms in total. The van der Waals surface area contributed by atoms with Crippen LogP contribution in [0.4, 0.5) is 15.7 Å². The van der Waals surface area contributed by atoms with Crippen LogP contribution in [0.2, 0.25) is 0 Å². The third-order valence-corrected chi connectivity index (χ3v) is 14.3. The number of rotatable bonds is 25. The highest BCUT2D eigenvalue weighted by Gasteiger charge is 2.25. The van der Waals surface area contributed by atoms with Gasteiger partial charge in [0, 0.05) is 26.6 Å². The predicted octanol–water partition coefficient (Wildman–Crippen LogP) is 13.9. The molecule has 0 radical (unpaired) electrons. The van der Waals surface area contributed by atoms with E-state index in [4.69, 9.17) is 25.1 Å². The first-order valence-corrected chi connectivity index (χ1v) is 24.7. The number of hydrogen-bond acceptors (Lipinski definition) is 10. The average Bonchev–Trinajstić information content (AvgIpc) is 4.13. The molecule has 0 aliphatic rings. The zero-order chi connectivity index (χ0) is 45.2. The number of anilines is 3. The molecule has 0 aliphatic carbocycles. The Hall–Kier alpha value is -5.60. The number of aromatic nitrogens is 6. The van der Waals surface area contributed by atoms with E-state index in [0.717, 1.165) is 107 Å². The molecule has 0 spiro atoms. The first-order valence-electron chi connectivity index (χ1n) is 23.1. The summed E-state index contributed by atoms with van der Waals surface area (Å²) >= 11 is 3.19. The van der Waals surface area contributed by atoms with E-state index in [1.165, 1.54) is 12.8 Å². The highest BCUT2D eigenvalue weighted by Crippen LogP contribution is 2.47. The normalized spacial score (nSPS) is 12.6. The van der Waals surface area contributed by atoms with Crippen molar-refractivity contribution in [2.45, 2.75) is 125 Å². The number of hydrogen-bond donors (Lipinski definition) is 2. The number of aromatic carboxylic acids is 2. The third-order valence-electron chi connectivity index (χ3n) is 12.1. The zero-order valence-corrected chi connectivity index (χ0v) is 39.4. The van der Waals surface area contributed by atoms with E-state index >= 15 is 0 Å². The van der Waals surface area contributed by atoms with E-state index in [-0.39, 0.29) is 11.1 Å². The van der Waals surface area contributed by atoms with Crippen molar-refractivity contribution in [3.05, 3.63) is 83.9 Å². The quantitative estimate of drug-likeness (QED) is 0.0531. The summed E-state index contributed by atoms with van der Waals surface area (Å²) in [6.45, 7) is 12.9. The molecule has 4 aromatic heterocycles. The van der Waals surface area contributed by atoms with Gasteiger partial charge in [-0.15, -0.1) is 22.7 Å². The number of carboxylic acid groups (broad SMARTS) is 2. The van der Waals surface area contributed by atoms with E-state index in [9.17, 15) is 19.8 Å². The minimum absolute atomic E-state index is 0.135. The maximum Gasteiger partial charge on any atom is 0.338 e. The number of carboxylic acids is 2. The molecule has 0 saturated carbocycles. The first kappa shape index (κ1) is 46.4. The Morgan fingerprint density at radius 2 is 1.05 bits per heavy atom. The van der Waals surface area contributed by atoms with Gasteiger partial charge in [0.05, 0.1) is 30.8 Å². The lowest BCUT2D eigenvalue weighted by Crippen LogP contribution is -2.12. The Kier molecular flexibility index (Phi) is 15.8. The molecule has 4 heterocycles. The Bertz CT molecular complexity index is 2490. The van der Waals surface area contributed by atoms with E-state index < -0.39 is 11.9 Å². The van der Waals surface area contributed by atoms with Crippen molar-refractivity contribution in [3.63, 3.8) is 0 Å². The van der Waals surface area contributed by atoms with Gasteiger partial charge in [0.25, 0.3) is 0 Å². The fourth-order valence-electron chi connectivity index (χ4n) is 8.23. The second kappa shape index (κ2) is 21.9. The molecular formula is C50H61N7O5S2. The van der Waals surface area contributed by atoms with Crippen molar-refractivity contribution in [2.75, 3.05) is 11.5 Å². The average molecular weight is 904 g/mol. The summed E-state index contributed by atoms with van der Waals surface area (Å²) < 4.78 is 6.14. The maximum absolute atomic E-state index is 12.4. The summed E-state index contributed by atoms with van der Waals surface area (Å²) in [5.74, 6) is -0.453. The molecule has 2 N–H and O–H groups in total. The molecular weight excluding hydrogens is 843 g/mol. The van der Waals surface area contributed by atoms with Crippen LogP contribution in [0.5, 0.6) is 5.75 Å². The van der Waals surface area contributed by atoms with Crippen molar-refractivity contribution >= 4 is 72.4 Å². The van der Waals surface area contributed by atoms with Crippen LogP contribution in [-0.4, -0.2) is 58.7 Å². The molecule has 7 rings (SSSR count). The largest absolute Gasteiger partial charge is 0.494 e. The fraction of sp³-hybridized carbons (Fsp3) is 0.440. The van der Waals surface area contributed by atoms with Gasteiger partial charge >= 0.3 is 11.9 Å². The lowest BCUT2D eigenvalue weighted by Gasteiger charge is -2.22. The first-order chi connectivity index (χ1) is 31.2. The highest BCUT2D eigenvalue weighted by molar-refractivity contribution is 7.21. The number of fused-ring (bicyclic) bond motifs is 2. The maximum atomic E-state index is 12.4. The Morgan fingerprint density at radius 3 is 1.48 bits per heavy atom. The molecule has 0 fully saturated rings. The van der Waals surface area contributed by atoms with Crippen molar-refractivity contribution in [2.24, 2.45) is 11.8 Å². The minimum atomic E-state index is -1.03. The second-order valence-electron chi connectivity index (χ2n) is 16.7. The van der Waals surface area contributed by atoms with E-state index in [1.54, 1.807) is 44.4 Å². The zero-order valence-electron chi connectivity index (χ0n) is 37.8. The van der Waals surface area contributed by atoms with Gasteiger partial charge in [-0.2, -0.15) is 30.0 Å². The van der Waals surface area contributed by atoms with Gasteiger partial charge in [-0.1, -0.05) is 105 Å². The van der Waals surface area contributed by atoms with Gasteiger partial charge in [-0.3, -0.25) is 4.90 Å². The van der Waals surface area contributed by atoms with Gasteiger partial charge < -0.3 is 14.9 Å². The molecule has 2 atom stereocenters. The standard InChI is InChI=1S/C50H61N7O5S2/c1-6-11-14-15-30-62-36-20-18-35(19-21-36)57(43-28-26-41(63-43)37-22-24-39(49(58)59)47-45(37)51-55(53-47)31-33(9-4)16-12-7-2)44-29-27-42(64-44)38-23-25-40(50(60)61)48-46(38)52-56(54-48)32-34(10-5)17-13-8-3/h18-29,33-34H,6-17,30-32H2,1-5H3,(H,58,59)(H,60,61). The van der Waals surface area contributed by atoms with Crippen LogP contribution in [0.15, 0.2) is 72.8 Å². The molecule has 0 aliphatic heterocycles. The van der Waals surface area contributed by atoms with Gasteiger partial charge in [0.1, 0.15) is 37.8 Å². The number of ether oxygens (including phenoxy) is 1. The van der Waals surface area contributed by atoms with Crippen LogP contribution in [0.25, 0.3) is 42.9 Å². The van der Waals surface area contributed by atoms with Gasteiger partial charge in [0.15, 0.2) is 0 Å². The van der Waals surface area contributed by atoms with Crippen LogP contribution >= 0.6 is 22.7 Å². The van der Waals surface area contributed by atoms with Crippen LogP contribution in [0, 0.1) is 11.8 Å². The lowest BCUT2D eigenvalue weighted by atomic mass is 10.00. The highest BCUT2D eigenvalue weighted by atomic mass is 32.1. The van der Waals surface area contributed by atoms with E-state index in [0.29, 0.717) is 53.6 Å². The molecule has 0 bridgehead atoms. The number of thiophene rings is 2. The molecule has 0 amide bonds. The fourth-order valence-corrected chi connectivity index (χ4v) is 10.4. The van der Waals surface area contributed by atoms with E-state index in [2.05, 4.69) is 75.9 Å². The lowest BCUT2D eigenvalue weighted by molar-refractivity contribution is 0.0688. The number of carbonyl (C=O) groups is 2. The summed E-state index contributed by atoms with van der Waals surface area (Å²) in [4.78, 5) is 32.3. The monoisotopic (exact) mass is 903 g/mol.